The lowest BCUT2D eigenvalue weighted by Gasteiger charge is -2.23. The van der Waals surface area contributed by atoms with Crippen molar-refractivity contribution in [2.75, 3.05) is 6.61 Å². The zero-order valence-electron chi connectivity index (χ0n) is 7.38. The molecule has 3 heteroatoms. The first-order valence-electron chi connectivity index (χ1n) is 4.29. The van der Waals surface area contributed by atoms with Crippen LogP contribution in [0.3, 0.4) is 0 Å². The van der Waals surface area contributed by atoms with Gasteiger partial charge >= 0.3 is 0 Å². The molecule has 2 nitrogen and oxygen atoms in total. The van der Waals surface area contributed by atoms with Gasteiger partial charge in [0.05, 0.1) is 12.7 Å². The van der Waals surface area contributed by atoms with Crippen LogP contribution in [0.2, 0.25) is 0 Å². The van der Waals surface area contributed by atoms with Gasteiger partial charge in [-0.25, -0.2) is 0 Å². The molecular weight excluding hydrogens is 232 g/mol. The second kappa shape index (κ2) is 3.31. The number of aliphatic hydroxyl groups is 1. The lowest BCUT2D eigenvalue weighted by atomic mass is 10.0. The predicted octanol–water partition coefficient (Wildman–Crippen LogP) is 2.57. The Labute approximate surface area is 85.7 Å². The minimum absolute atomic E-state index is 0.375. The number of halogens is 1. The highest BCUT2D eigenvalue weighted by molar-refractivity contribution is 9.10. The summed E-state index contributed by atoms with van der Waals surface area (Å²) >= 11 is 3.40. The highest BCUT2D eigenvalue weighted by Gasteiger charge is 2.20. The summed E-state index contributed by atoms with van der Waals surface area (Å²) in [5.41, 5.74) is 1.97. The number of ether oxygens (including phenoxy) is 1. The van der Waals surface area contributed by atoms with E-state index in [0.717, 1.165) is 21.3 Å². The Balaban J connectivity index is 2.56. The lowest BCUT2D eigenvalue weighted by molar-refractivity contribution is 0.115. The molecule has 13 heavy (non-hydrogen) atoms. The van der Waals surface area contributed by atoms with Crippen molar-refractivity contribution in [1.82, 2.24) is 0 Å². The number of hydrogen-bond acceptors (Lipinski definition) is 2. The molecule has 0 saturated carbocycles. The van der Waals surface area contributed by atoms with E-state index in [-0.39, 0.29) is 6.10 Å². The van der Waals surface area contributed by atoms with Crippen LogP contribution in [0.4, 0.5) is 0 Å². The summed E-state index contributed by atoms with van der Waals surface area (Å²) in [7, 11) is 0. The monoisotopic (exact) mass is 242 g/mol. The van der Waals surface area contributed by atoms with E-state index in [4.69, 9.17) is 4.74 Å². The normalized spacial score (nSPS) is 20.7. The van der Waals surface area contributed by atoms with Crippen molar-refractivity contribution in [2.45, 2.75) is 19.4 Å². The standard InChI is InChI=1S/C10H11BrO2/c1-6-4-7(11)5-8-9(12)2-3-13-10(6)8/h4-5,9,12H,2-3H2,1H3/t9-/m0/s1. The zero-order chi connectivity index (χ0) is 9.42. The minimum atomic E-state index is -0.375. The highest BCUT2D eigenvalue weighted by Crippen LogP contribution is 2.36. The average Bonchev–Trinajstić information content (AvgIpc) is 2.07. The highest BCUT2D eigenvalue weighted by atomic mass is 79.9. The molecule has 0 spiro atoms. The molecule has 1 aliphatic heterocycles. The molecule has 2 rings (SSSR count). The molecule has 1 N–H and O–H groups in total. The van der Waals surface area contributed by atoms with Crippen molar-refractivity contribution in [3.63, 3.8) is 0 Å². The number of aliphatic hydroxyl groups excluding tert-OH is 1. The largest absolute Gasteiger partial charge is 0.493 e. The number of fused-ring (bicyclic) bond motifs is 1. The van der Waals surface area contributed by atoms with Gasteiger partial charge in [0, 0.05) is 16.5 Å². The molecule has 0 fully saturated rings. The van der Waals surface area contributed by atoms with E-state index in [1.54, 1.807) is 0 Å². The molecular formula is C10H11BrO2. The van der Waals surface area contributed by atoms with Gasteiger partial charge in [0.2, 0.25) is 0 Å². The van der Waals surface area contributed by atoms with Gasteiger partial charge in [0.1, 0.15) is 5.75 Å². The summed E-state index contributed by atoms with van der Waals surface area (Å²) in [5.74, 6) is 0.849. The van der Waals surface area contributed by atoms with Crippen molar-refractivity contribution in [3.8, 4) is 5.75 Å². The van der Waals surface area contributed by atoms with E-state index in [0.29, 0.717) is 13.0 Å². The van der Waals surface area contributed by atoms with E-state index < -0.39 is 0 Å². The third-order valence-corrected chi connectivity index (χ3v) is 2.72. The summed E-state index contributed by atoms with van der Waals surface area (Å²) < 4.78 is 6.49. The molecule has 1 aromatic carbocycles. The van der Waals surface area contributed by atoms with Crippen molar-refractivity contribution in [2.24, 2.45) is 0 Å². The van der Waals surface area contributed by atoms with Gasteiger partial charge < -0.3 is 9.84 Å². The SMILES string of the molecule is Cc1cc(Br)cc2c1OCC[C@@H]2O. The molecule has 0 radical (unpaired) electrons. The molecule has 0 amide bonds. The number of aryl methyl sites for hydroxylation is 1. The van der Waals surface area contributed by atoms with Crippen LogP contribution in [-0.4, -0.2) is 11.7 Å². The smallest absolute Gasteiger partial charge is 0.128 e. The summed E-state index contributed by atoms with van der Waals surface area (Å²) in [4.78, 5) is 0. The summed E-state index contributed by atoms with van der Waals surface area (Å²) in [6.45, 7) is 2.60. The average molecular weight is 243 g/mol. The van der Waals surface area contributed by atoms with E-state index in [1.807, 2.05) is 19.1 Å². The minimum Gasteiger partial charge on any atom is -0.493 e. The van der Waals surface area contributed by atoms with Crippen LogP contribution < -0.4 is 4.74 Å². The van der Waals surface area contributed by atoms with Crippen LogP contribution in [0.5, 0.6) is 5.75 Å². The fourth-order valence-corrected chi connectivity index (χ4v) is 2.22. The maximum atomic E-state index is 9.71. The van der Waals surface area contributed by atoms with Crippen LogP contribution in [0.1, 0.15) is 23.7 Å². The molecule has 70 valence electrons. The van der Waals surface area contributed by atoms with Crippen LogP contribution in [0, 0.1) is 6.92 Å². The van der Waals surface area contributed by atoms with Crippen LogP contribution in [0.25, 0.3) is 0 Å². The van der Waals surface area contributed by atoms with Gasteiger partial charge in [0.25, 0.3) is 0 Å². The fourth-order valence-electron chi connectivity index (χ4n) is 1.63. The first kappa shape index (κ1) is 9.03. The maximum Gasteiger partial charge on any atom is 0.128 e. The van der Waals surface area contributed by atoms with Crippen LogP contribution in [-0.2, 0) is 0 Å². The molecule has 1 aromatic rings. The molecule has 0 bridgehead atoms. The second-order valence-electron chi connectivity index (χ2n) is 3.29. The Kier molecular flexibility index (Phi) is 2.30. The number of benzene rings is 1. The van der Waals surface area contributed by atoms with E-state index in [1.165, 1.54) is 0 Å². The van der Waals surface area contributed by atoms with Crippen molar-refractivity contribution in [1.29, 1.82) is 0 Å². The van der Waals surface area contributed by atoms with E-state index in [9.17, 15) is 5.11 Å². The van der Waals surface area contributed by atoms with Crippen molar-refractivity contribution in [3.05, 3.63) is 27.7 Å². The number of rotatable bonds is 0. The quantitative estimate of drug-likeness (QED) is 0.758. The summed E-state index contributed by atoms with van der Waals surface area (Å²) in [5, 5.41) is 9.71. The van der Waals surface area contributed by atoms with Gasteiger partial charge in [-0.3, -0.25) is 0 Å². The van der Waals surface area contributed by atoms with Gasteiger partial charge in [-0.1, -0.05) is 15.9 Å². The molecule has 1 heterocycles. The van der Waals surface area contributed by atoms with Gasteiger partial charge in [-0.15, -0.1) is 0 Å². The van der Waals surface area contributed by atoms with Gasteiger partial charge in [0.15, 0.2) is 0 Å². The summed E-state index contributed by atoms with van der Waals surface area (Å²) in [6, 6.07) is 3.92. The maximum absolute atomic E-state index is 9.71. The predicted molar refractivity (Wildman–Crippen MR) is 54.0 cm³/mol. The molecule has 0 saturated heterocycles. The Morgan fingerprint density at radius 1 is 1.54 bits per heavy atom. The van der Waals surface area contributed by atoms with Gasteiger partial charge in [-0.05, 0) is 24.6 Å². The molecule has 1 aliphatic rings. The van der Waals surface area contributed by atoms with E-state index in [2.05, 4.69) is 15.9 Å². The first-order chi connectivity index (χ1) is 6.18. The second-order valence-corrected chi connectivity index (χ2v) is 4.21. The Morgan fingerprint density at radius 2 is 2.31 bits per heavy atom. The fraction of sp³-hybridized carbons (Fsp3) is 0.400. The zero-order valence-corrected chi connectivity index (χ0v) is 8.97. The lowest BCUT2D eigenvalue weighted by Crippen LogP contribution is -2.14. The third-order valence-electron chi connectivity index (χ3n) is 2.26. The molecule has 0 aromatic heterocycles. The van der Waals surface area contributed by atoms with Crippen LogP contribution >= 0.6 is 15.9 Å². The first-order valence-corrected chi connectivity index (χ1v) is 5.08. The van der Waals surface area contributed by atoms with E-state index >= 15 is 0 Å². The van der Waals surface area contributed by atoms with Crippen LogP contribution in [0.15, 0.2) is 16.6 Å². The van der Waals surface area contributed by atoms with Gasteiger partial charge in [-0.2, -0.15) is 0 Å². The molecule has 1 atom stereocenters. The summed E-state index contributed by atoms with van der Waals surface area (Å²) in [6.07, 6.45) is 0.308. The van der Waals surface area contributed by atoms with Crippen molar-refractivity contribution < 1.29 is 9.84 Å². The Bertz CT molecular complexity index is 336. The molecule has 0 aliphatic carbocycles. The number of hydrogen-bond donors (Lipinski definition) is 1. The Hall–Kier alpha value is -0.540. The third kappa shape index (κ3) is 1.58. The topological polar surface area (TPSA) is 29.5 Å². The van der Waals surface area contributed by atoms with Crippen molar-refractivity contribution >= 4 is 15.9 Å². The molecule has 0 unspecified atom stereocenters. The Morgan fingerprint density at radius 3 is 3.08 bits per heavy atom.